The third-order valence-electron chi connectivity index (χ3n) is 5.59. The van der Waals surface area contributed by atoms with Crippen LogP contribution in [0.1, 0.15) is 37.7 Å². The summed E-state index contributed by atoms with van der Waals surface area (Å²) >= 11 is 6.08. The van der Waals surface area contributed by atoms with Gasteiger partial charge in [0, 0.05) is 38.9 Å². The molecule has 1 atom stereocenters. The molecule has 1 aromatic heterocycles. The summed E-state index contributed by atoms with van der Waals surface area (Å²) < 4.78 is 38.4. The molecule has 1 aromatic rings. The number of alkyl halides is 3. The van der Waals surface area contributed by atoms with Crippen molar-refractivity contribution in [1.82, 2.24) is 20.5 Å². The van der Waals surface area contributed by atoms with Gasteiger partial charge in [0.2, 0.25) is 0 Å². The van der Waals surface area contributed by atoms with Gasteiger partial charge in [-0.25, -0.2) is 4.98 Å². The van der Waals surface area contributed by atoms with Crippen LogP contribution >= 0.6 is 11.6 Å². The van der Waals surface area contributed by atoms with E-state index in [-0.39, 0.29) is 11.1 Å². The van der Waals surface area contributed by atoms with Crippen LogP contribution in [0.2, 0.25) is 5.02 Å². The molecule has 0 amide bonds. The van der Waals surface area contributed by atoms with Crippen LogP contribution in [0.3, 0.4) is 0 Å². The number of hydrogen-bond acceptors (Lipinski definition) is 4. The summed E-state index contributed by atoms with van der Waals surface area (Å²) in [7, 11) is 1.74. The minimum absolute atomic E-state index is 0.0194. The maximum absolute atomic E-state index is 12.8. The van der Waals surface area contributed by atoms with Crippen molar-refractivity contribution in [2.45, 2.75) is 44.3 Å². The fourth-order valence-corrected chi connectivity index (χ4v) is 4.24. The van der Waals surface area contributed by atoms with Gasteiger partial charge in [0.25, 0.3) is 0 Å². The van der Waals surface area contributed by atoms with Gasteiger partial charge in [-0.2, -0.15) is 13.2 Å². The summed E-state index contributed by atoms with van der Waals surface area (Å²) in [4.78, 5) is 12.7. The number of anilines is 1. The summed E-state index contributed by atoms with van der Waals surface area (Å²) in [5.41, 5.74) is -0.834. The third kappa shape index (κ3) is 6.38. The Morgan fingerprint density at radius 3 is 2.70 bits per heavy atom. The highest BCUT2D eigenvalue weighted by molar-refractivity contribution is 6.33. The monoisotopic (exact) mass is 446 g/mol. The standard InChI is InChI=1S/C20H30ClF3N6/c1-25-19(26-7-2-3-8-29-9-4-5-10-29)28-16-6-11-30(14-16)18-17(21)12-15(13-27-18)20(22,23)24/h12-13,16H,2-11,14H2,1H3,(H2,25,26,28). The Morgan fingerprint density at radius 1 is 1.27 bits per heavy atom. The van der Waals surface area contributed by atoms with Gasteiger partial charge in [-0.05, 0) is 57.8 Å². The largest absolute Gasteiger partial charge is 0.417 e. The van der Waals surface area contributed by atoms with Gasteiger partial charge in [0.1, 0.15) is 5.82 Å². The van der Waals surface area contributed by atoms with Gasteiger partial charge < -0.3 is 20.4 Å². The molecule has 0 aliphatic carbocycles. The van der Waals surface area contributed by atoms with Crippen LogP contribution in [0.5, 0.6) is 0 Å². The molecule has 0 saturated carbocycles. The molecule has 2 aliphatic rings. The second-order valence-corrected chi connectivity index (χ2v) is 8.27. The number of aromatic nitrogens is 1. The molecule has 10 heteroatoms. The zero-order valence-electron chi connectivity index (χ0n) is 17.3. The molecular formula is C20H30ClF3N6. The summed E-state index contributed by atoms with van der Waals surface area (Å²) in [6.07, 6.45) is 2.11. The lowest BCUT2D eigenvalue weighted by molar-refractivity contribution is -0.137. The van der Waals surface area contributed by atoms with Crippen LogP contribution in [0.4, 0.5) is 19.0 Å². The number of unbranched alkanes of at least 4 members (excludes halogenated alkanes) is 1. The van der Waals surface area contributed by atoms with Crippen LogP contribution < -0.4 is 15.5 Å². The number of halogens is 4. The Bertz CT molecular complexity index is 721. The molecular weight excluding hydrogens is 417 g/mol. The Morgan fingerprint density at radius 2 is 2.03 bits per heavy atom. The maximum Gasteiger partial charge on any atom is 0.417 e. The zero-order chi connectivity index (χ0) is 21.6. The molecule has 2 N–H and O–H groups in total. The van der Waals surface area contributed by atoms with Crippen molar-refractivity contribution in [3.63, 3.8) is 0 Å². The number of guanidine groups is 1. The number of hydrogen-bond donors (Lipinski definition) is 2. The van der Waals surface area contributed by atoms with E-state index >= 15 is 0 Å². The Kier molecular flexibility index (Phi) is 8.05. The van der Waals surface area contributed by atoms with Crippen molar-refractivity contribution in [1.29, 1.82) is 0 Å². The number of likely N-dealkylation sites (tertiary alicyclic amines) is 1. The summed E-state index contributed by atoms with van der Waals surface area (Å²) in [5.74, 6) is 1.13. The maximum atomic E-state index is 12.8. The number of rotatable bonds is 7. The number of nitrogens with one attached hydrogen (secondary N) is 2. The molecule has 0 bridgehead atoms. The van der Waals surface area contributed by atoms with Crippen molar-refractivity contribution in [2.24, 2.45) is 4.99 Å². The van der Waals surface area contributed by atoms with Gasteiger partial charge in [-0.3, -0.25) is 4.99 Å². The summed E-state index contributed by atoms with van der Waals surface area (Å²) in [5, 5.41) is 6.75. The molecule has 0 aromatic carbocycles. The minimum Gasteiger partial charge on any atom is -0.356 e. The molecule has 168 valence electrons. The van der Waals surface area contributed by atoms with E-state index in [2.05, 4.69) is 25.5 Å². The van der Waals surface area contributed by atoms with Gasteiger partial charge in [-0.15, -0.1) is 0 Å². The fraction of sp³-hybridized carbons (Fsp3) is 0.700. The van der Waals surface area contributed by atoms with Crippen LogP contribution in [0.15, 0.2) is 17.3 Å². The van der Waals surface area contributed by atoms with Crippen molar-refractivity contribution < 1.29 is 13.2 Å². The van der Waals surface area contributed by atoms with Crippen molar-refractivity contribution in [3.05, 3.63) is 22.8 Å². The van der Waals surface area contributed by atoms with E-state index in [0.29, 0.717) is 18.9 Å². The number of pyridine rings is 1. The van der Waals surface area contributed by atoms with E-state index in [1.54, 1.807) is 7.05 Å². The Hall–Kier alpha value is -1.74. The summed E-state index contributed by atoms with van der Waals surface area (Å²) in [6, 6.07) is 1.06. The smallest absolute Gasteiger partial charge is 0.356 e. The normalized spacial score (nSPS) is 20.8. The van der Waals surface area contributed by atoms with E-state index in [0.717, 1.165) is 44.2 Å². The van der Waals surface area contributed by atoms with Gasteiger partial charge >= 0.3 is 6.18 Å². The molecule has 0 radical (unpaired) electrons. The van der Waals surface area contributed by atoms with E-state index in [1.807, 2.05) is 4.90 Å². The van der Waals surface area contributed by atoms with Crippen LogP contribution in [-0.2, 0) is 6.18 Å². The predicted octanol–water partition coefficient (Wildman–Crippen LogP) is 3.37. The lowest BCUT2D eigenvalue weighted by atomic mass is 10.2. The number of nitrogens with zero attached hydrogens (tertiary/aromatic N) is 4. The van der Waals surface area contributed by atoms with Crippen LogP contribution in [-0.4, -0.2) is 68.2 Å². The topological polar surface area (TPSA) is 55.8 Å². The highest BCUT2D eigenvalue weighted by Gasteiger charge is 2.33. The Labute approximate surface area is 180 Å². The second-order valence-electron chi connectivity index (χ2n) is 7.86. The molecule has 2 aliphatic heterocycles. The molecule has 3 heterocycles. The minimum atomic E-state index is -4.45. The van der Waals surface area contributed by atoms with Crippen molar-refractivity contribution in [3.8, 4) is 0 Å². The zero-order valence-corrected chi connectivity index (χ0v) is 18.1. The van der Waals surface area contributed by atoms with Gasteiger partial charge in [-0.1, -0.05) is 11.6 Å². The quantitative estimate of drug-likeness (QED) is 0.382. The molecule has 1 unspecified atom stereocenters. The molecule has 30 heavy (non-hydrogen) atoms. The molecule has 2 saturated heterocycles. The van der Waals surface area contributed by atoms with Crippen molar-refractivity contribution in [2.75, 3.05) is 51.2 Å². The first-order valence-corrected chi connectivity index (χ1v) is 10.9. The van der Waals surface area contributed by atoms with E-state index in [4.69, 9.17) is 11.6 Å². The summed E-state index contributed by atoms with van der Waals surface area (Å²) in [6.45, 7) is 5.75. The predicted molar refractivity (Wildman–Crippen MR) is 114 cm³/mol. The van der Waals surface area contributed by atoms with Crippen LogP contribution in [0, 0.1) is 0 Å². The lowest BCUT2D eigenvalue weighted by Gasteiger charge is -2.21. The average molecular weight is 447 g/mol. The van der Waals surface area contributed by atoms with E-state index < -0.39 is 11.7 Å². The highest BCUT2D eigenvalue weighted by Crippen LogP contribution is 2.34. The van der Waals surface area contributed by atoms with Crippen molar-refractivity contribution >= 4 is 23.4 Å². The molecule has 0 spiro atoms. The SMILES string of the molecule is CN=C(NCCCCN1CCCC1)NC1CCN(c2ncc(C(F)(F)F)cc2Cl)C1. The second kappa shape index (κ2) is 10.5. The highest BCUT2D eigenvalue weighted by atomic mass is 35.5. The fourth-order valence-electron chi connectivity index (χ4n) is 3.95. The average Bonchev–Trinajstić information content (AvgIpc) is 3.38. The third-order valence-corrected chi connectivity index (χ3v) is 5.87. The number of aliphatic imine (C=N–C) groups is 1. The first kappa shape index (κ1) is 22.9. The first-order chi connectivity index (χ1) is 14.4. The van der Waals surface area contributed by atoms with E-state index in [1.165, 1.54) is 32.4 Å². The Balaban J connectivity index is 1.42. The molecule has 2 fully saturated rings. The van der Waals surface area contributed by atoms with Crippen LogP contribution in [0.25, 0.3) is 0 Å². The molecule has 6 nitrogen and oxygen atoms in total. The van der Waals surface area contributed by atoms with E-state index in [9.17, 15) is 13.2 Å². The lowest BCUT2D eigenvalue weighted by Crippen LogP contribution is -2.45. The molecule has 3 rings (SSSR count). The van der Waals surface area contributed by atoms with Gasteiger partial charge in [0.05, 0.1) is 10.6 Å². The van der Waals surface area contributed by atoms with Gasteiger partial charge in [0.15, 0.2) is 5.96 Å². The first-order valence-electron chi connectivity index (χ1n) is 10.5.